The third-order valence-corrected chi connectivity index (χ3v) is 2.87. The minimum absolute atomic E-state index is 0.0417. The van der Waals surface area contributed by atoms with Gasteiger partial charge in [0.05, 0.1) is 32.7 Å². The van der Waals surface area contributed by atoms with Crippen LogP contribution in [-0.4, -0.2) is 32.7 Å². The summed E-state index contributed by atoms with van der Waals surface area (Å²) in [6.45, 7) is 3.92. The molecule has 0 bridgehead atoms. The molecule has 0 fully saturated rings. The number of anilines is 1. The van der Waals surface area contributed by atoms with Crippen LogP contribution in [0.4, 0.5) is 5.69 Å². The van der Waals surface area contributed by atoms with E-state index in [9.17, 15) is 4.79 Å². The number of carbonyl (C=O) groups is 1. The quantitative estimate of drug-likeness (QED) is 0.750. The predicted molar refractivity (Wildman–Crippen MR) is 73.1 cm³/mol. The first-order valence-electron chi connectivity index (χ1n) is 6.34. The molecule has 0 saturated heterocycles. The summed E-state index contributed by atoms with van der Waals surface area (Å²) in [4.78, 5) is 13.0. The van der Waals surface area contributed by atoms with Crippen molar-refractivity contribution in [2.45, 2.75) is 13.3 Å². The van der Waals surface area contributed by atoms with Crippen molar-refractivity contribution in [3.63, 3.8) is 0 Å². The summed E-state index contributed by atoms with van der Waals surface area (Å²) in [5.41, 5.74) is 0.751. The van der Waals surface area contributed by atoms with E-state index < -0.39 is 0 Å². The van der Waals surface area contributed by atoms with Crippen LogP contribution in [0, 0.1) is 11.3 Å². The second kappa shape index (κ2) is 8.11. The van der Waals surface area contributed by atoms with Crippen LogP contribution in [0.25, 0.3) is 0 Å². The van der Waals surface area contributed by atoms with Gasteiger partial charge in [0.1, 0.15) is 5.75 Å². The fourth-order valence-corrected chi connectivity index (χ4v) is 1.73. The number of hydrogen-bond donors (Lipinski definition) is 2. The van der Waals surface area contributed by atoms with Crippen LogP contribution in [0.15, 0.2) is 24.3 Å². The standard InChI is InChI=1S/C14H19N3O2/c1-3-17(10-4-9-15)11-14(18)16-12-5-7-13(19-2)8-6-12/h5-8H,3-4,10-11H2,1-2H3,(H,16,18)/p+1. The second-order valence-electron chi connectivity index (χ2n) is 4.22. The van der Waals surface area contributed by atoms with Gasteiger partial charge in [0, 0.05) is 5.69 Å². The van der Waals surface area contributed by atoms with E-state index in [1.54, 1.807) is 31.4 Å². The Kier molecular flexibility index (Phi) is 6.41. The van der Waals surface area contributed by atoms with E-state index in [1.165, 1.54) is 0 Å². The molecular formula is C14H20N3O2+. The van der Waals surface area contributed by atoms with Gasteiger partial charge in [-0.05, 0) is 31.2 Å². The highest BCUT2D eigenvalue weighted by molar-refractivity contribution is 5.91. The molecule has 2 N–H and O–H groups in total. The van der Waals surface area contributed by atoms with E-state index in [0.29, 0.717) is 19.5 Å². The highest BCUT2D eigenvalue weighted by Gasteiger charge is 2.12. The SMILES string of the molecule is CC[NH+](CCC#N)CC(=O)Nc1ccc(OC)cc1. The van der Waals surface area contributed by atoms with Crippen LogP contribution in [0.3, 0.4) is 0 Å². The molecule has 0 radical (unpaired) electrons. The number of benzene rings is 1. The van der Waals surface area contributed by atoms with Crippen LogP contribution < -0.4 is 15.0 Å². The number of nitrogens with one attached hydrogen (secondary N) is 2. The van der Waals surface area contributed by atoms with Crippen molar-refractivity contribution in [3.05, 3.63) is 24.3 Å². The lowest BCUT2D eigenvalue weighted by Gasteiger charge is -2.15. The highest BCUT2D eigenvalue weighted by atomic mass is 16.5. The van der Waals surface area contributed by atoms with Gasteiger partial charge in [-0.15, -0.1) is 0 Å². The van der Waals surface area contributed by atoms with Gasteiger partial charge in [0.25, 0.3) is 5.91 Å². The number of methoxy groups -OCH3 is 1. The minimum atomic E-state index is -0.0417. The second-order valence-corrected chi connectivity index (χ2v) is 4.22. The first kappa shape index (κ1) is 15.0. The molecule has 1 amide bonds. The maximum absolute atomic E-state index is 11.9. The Morgan fingerprint density at radius 2 is 2.11 bits per heavy atom. The fraction of sp³-hybridized carbons (Fsp3) is 0.429. The Bertz CT molecular complexity index is 437. The van der Waals surface area contributed by atoms with E-state index >= 15 is 0 Å². The molecule has 0 aliphatic heterocycles. The molecule has 0 aliphatic carbocycles. The number of nitrogens with zero attached hydrogens (tertiary/aromatic N) is 1. The zero-order valence-electron chi connectivity index (χ0n) is 11.4. The van der Waals surface area contributed by atoms with Gasteiger partial charge in [-0.3, -0.25) is 4.79 Å². The van der Waals surface area contributed by atoms with Crippen molar-refractivity contribution >= 4 is 11.6 Å². The van der Waals surface area contributed by atoms with E-state index in [2.05, 4.69) is 11.4 Å². The molecule has 0 spiro atoms. The van der Waals surface area contributed by atoms with Crippen LogP contribution in [0.5, 0.6) is 5.75 Å². The molecule has 1 unspecified atom stereocenters. The summed E-state index contributed by atoms with van der Waals surface area (Å²) in [5, 5.41) is 11.4. The normalized spacial score (nSPS) is 11.4. The molecule has 19 heavy (non-hydrogen) atoms. The molecule has 1 rings (SSSR count). The number of rotatable bonds is 7. The Labute approximate surface area is 113 Å². The number of carbonyl (C=O) groups excluding carboxylic acids is 1. The van der Waals surface area contributed by atoms with Crippen LogP contribution >= 0.6 is 0 Å². The van der Waals surface area contributed by atoms with E-state index in [-0.39, 0.29) is 5.91 Å². The highest BCUT2D eigenvalue weighted by Crippen LogP contribution is 2.14. The predicted octanol–water partition coefficient (Wildman–Crippen LogP) is 0.452. The van der Waals surface area contributed by atoms with Gasteiger partial charge in [-0.1, -0.05) is 0 Å². The zero-order chi connectivity index (χ0) is 14.1. The first-order chi connectivity index (χ1) is 9.19. The summed E-state index contributed by atoms with van der Waals surface area (Å²) in [7, 11) is 1.60. The lowest BCUT2D eigenvalue weighted by Crippen LogP contribution is -3.12. The Morgan fingerprint density at radius 1 is 1.42 bits per heavy atom. The summed E-state index contributed by atoms with van der Waals surface area (Å²) in [6.07, 6.45) is 0.471. The molecule has 5 nitrogen and oxygen atoms in total. The molecule has 0 aliphatic rings. The van der Waals surface area contributed by atoms with Crippen molar-refractivity contribution in [2.24, 2.45) is 0 Å². The maximum atomic E-state index is 11.9. The van der Waals surface area contributed by atoms with E-state index in [1.807, 2.05) is 6.92 Å². The molecule has 1 aromatic rings. The van der Waals surface area contributed by atoms with Gasteiger partial charge < -0.3 is 15.0 Å². The molecule has 5 heteroatoms. The molecule has 0 aromatic heterocycles. The van der Waals surface area contributed by atoms with Crippen molar-refractivity contribution in [2.75, 3.05) is 32.1 Å². The number of quaternary nitrogens is 1. The van der Waals surface area contributed by atoms with E-state index in [4.69, 9.17) is 10.00 Å². The van der Waals surface area contributed by atoms with Gasteiger partial charge in [0.2, 0.25) is 0 Å². The number of nitriles is 1. The third kappa shape index (κ3) is 5.40. The summed E-state index contributed by atoms with van der Waals surface area (Å²) < 4.78 is 5.05. The average Bonchev–Trinajstić information content (AvgIpc) is 2.44. The van der Waals surface area contributed by atoms with Gasteiger partial charge in [-0.2, -0.15) is 5.26 Å². The van der Waals surface area contributed by atoms with Gasteiger partial charge in [0.15, 0.2) is 6.54 Å². The zero-order valence-corrected chi connectivity index (χ0v) is 11.4. The number of amides is 1. The van der Waals surface area contributed by atoms with E-state index in [0.717, 1.165) is 22.9 Å². The lowest BCUT2D eigenvalue weighted by atomic mass is 10.3. The van der Waals surface area contributed by atoms with Gasteiger partial charge in [-0.25, -0.2) is 0 Å². The number of ether oxygens (including phenoxy) is 1. The molecular weight excluding hydrogens is 242 g/mol. The maximum Gasteiger partial charge on any atom is 0.279 e. The largest absolute Gasteiger partial charge is 0.497 e. The summed E-state index contributed by atoms with van der Waals surface area (Å²) in [6, 6.07) is 9.31. The van der Waals surface area contributed by atoms with Gasteiger partial charge >= 0.3 is 0 Å². The Morgan fingerprint density at radius 3 is 2.63 bits per heavy atom. The fourth-order valence-electron chi connectivity index (χ4n) is 1.73. The molecule has 102 valence electrons. The molecule has 1 atom stereocenters. The monoisotopic (exact) mass is 262 g/mol. The molecule has 0 saturated carbocycles. The third-order valence-electron chi connectivity index (χ3n) is 2.87. The number of likely N-dealkylation sites (N-methyl/N-ethyl adjacent to an activating group) is 1. The molecule has 1 aromatic carbocycles. The first-order valence-corrected chi connectivity index (χ1v) is 6.34. The van der Waals surface area contributed by atoms with Crippen molar-refractivity contribution < 1.29 is 14.4 Å². The minimum Gasteiger partial charge on any atom is -0.497 e. The lowest BCUT2D eigenvalue weighted by molar-refractivity contribution is -0.889. The average molecular weight is 262 g/mol. The van der Waals surface area contributed by atoms with Crippen molar-refractivity contribution in [1.82, 2.24) is 0 Å². The summed E-state index contributed by atoms with van der Waals surface area (Å²) >= 11 is 0. The topological polar surface area (TPSA) is 66.6 Å². The number of hydrogen-bond acceptors (Lipinski definition) is 3. The Hall–Kier alpha value is -2.06. The van der Waals surface area contributed by atoms with Crippen LogP contribution in [-0.2, 0) is 4.79 Å². The van der Waals surface area contributed by atoms with Crippen molar-refractivity contribution in [1.29, 1.82) is 5.26 Å². The van der Waals surface area contributed by atoms with Crippen molar-refractivity contribution in [3.8, 4) is 11.8 Å². The smallest absolute Gasteiger partial charge is 0.279 e. The summed E-state index contributed by atoms with van der Waals surface area (Å²) in [5.74, 6) is 0.716. The van der Waals surface area contributed by atoms with Crippen LogP contribution in [0.2, 0.25) is 0 Å². The van der Waals surface area contributed by atoms with Crippen LogP contribution in [0.1, 0.15) is 13.3 Å². The molecule has 0 heterocycles. The Balaban J connectivity index is 2.47.